The van der Waals surface area contributed by atoms with Gasteiger partial charge in [-0.15, -0.1) is 0 Å². The van der Waals surface area contributed by atoms with Crippen LogP contribution in [0.5, 0.6) is 0 Å². The average molecular weight is 402 g/mol. The minimum absolute atomic E-state index is 0.0869. The molecule has 1 fully saturated rings. The number of amides is 1. The van der Waals surface area contributed by atoms with Crippen molar-refractivity contribution in [2.75, 3.05) is 0 Å². The first kappa shape index (κ1) is 15.7. The zero-order valence-electron chi connectivity index (χ0n) is 11.3. The molecule has 0 radical (unpaired) electrons. The Morgan fingerprint density at radius 3 is 2.20 bits per heavy atom. The maximum absolute atomic E-state index is 12.4. The van der Waals surface area contributed by atoms with Crippen molar-refractivity contribution >= 4 is 45.7 Å². The van der Waals surface area contributed by atoms with Crippen molar-refractivity contribution in [3.8, 4) is 0 Å². The quantitative estimate of drug-likeness (QED) is 0.463. The Labute approximate surface area is 138 Å². The molecule has 1 aliphatic carbocycles. The first-order valence-corrected chi connectivity index (χ1v) is 8.40. The number of nitrogens with two attached hydrogens (primary N) is 1. The van der Waals surface area contributed by atoms with Gasteiger partial charge in [-0.2, -0.15) is 0 Å². The van der Waals surface area contributed by atoms with Crippen LogP contribution in [0.2, 0.25) is 0 Å². The molecule has 1 aromatic rings. The molecule has 0 atom stereocenters. The van der Waals surface area contributed by atoms with Crippen LogP contribution in [0.3, 0.4) is 0 Å². The minimum atomic E-state index is -0.508. The normalized spacial score (nSPS) is 18.1. The summed E-state index contributed by atoms with van der Waals surface area (Å²) in [5.41, 5.74) is 6.09. The predicted octanol–water partition coefficient (Wildman–Crippen LogP) is 3.40. The summed E-state index contributed by atoms with van der Waals surface area (Å²) in [4.78, 5) is 12.8. The van der Waals surface area contributed by atoms with Gasteiger partial charge in [0.25, 0.3) is 5.91 Å². The number of hydrogen-bond acceptors (Lipinski definition) is 2. The Hall–Kier alpha value is -0.690. The zero-order valence-corrected chi connectivity index (χ0v) is 14.3. The van der Waals surface area contributed by atoms with Gasteiger partial charge in [0.1, 0.15) is 0 Å². The number of carbonyl (C=O) groups is 1. The number of benzene rings is 1. The molecule has 3 N–H and O–H groups in total. The summed E-state index contributed by atoms with van der Waals surface area (Å²) in [5, 5.41) is 3.10. The van der Waals surface area contributed by atoms with Gasteiger partial charge in [0.2, 0.25) is 0 Å². The van der Waals surface area contributed by atoms with Crippen LogP contribution in [0.15, 0.2) is 24.3 Å². The highest BCUT2D eigenvalue weighted by Gasteiger charge is 2.35. The highest BCUT2D eigenvalue weighted by atomic mass is 127. The SMILES string of the molecule is NC(=S)C1(NC(=O)c2ccc(I)cc2)CCCCCC1. The second-order valence-corrected chi connectivity index (χ2v) is 7.01. The summed E-state index contributed by atoms with van der Waals surface area (Å²) in [5.74, 6) is -0.0869. The molecule has 0 aromatic heterocycles. The molecule has 5 heteroatoms. The smallest absolute Gasteiger partial charge is 0.252 e. The van der Waals surface area contributed by atoms with Gasteiger partial charge in [0.15, 0.2) is 0 Å². The number of thiocarbonyl (C=S) groups is 1. The number of carbonyl (C=O) groups excluding carboxylic acids is 1. The fraction of sp³-hybridized carbons (Fsp3) is 0.467. The van der Waals surface area contributed by atoms with Gasteiger partial charge in [-0.25, -0.2) is 0 Å². The van der Waals surface area contributed by atoms with Crippen molar-refractivity contribution in [3.63, 3.8) is 0 Å². The van der Waals surface area contributed by atoms with Crippen LogP contribution in [-0.2, 0) is 0 Å². The largest absolute Gasteiger partial charge is 0.391 e. The molecule has 0 bridgehead atoms. The summed E-state index contributed by atoms with van der Waals surface area (Å²) < 4.78 is 1.11. The fourth-order valence-electron chi connectivity index (χ4n) is 2.66. The van der Waals surface area contributed by atoms with Gasteiger partial charge < -0.3 is 11.1 Å². The van der Waals surface area contributed by atoms with E-state index in [0.29, 0.717) is 10.6 Å². The highest BCUT2D eigenvalue weighted by Crippen LogP contribution is 2.28. The van der Waals surface area contributed by atoms with Crippen LogP contribution in [0.4, 0.5) is 0 Å². The van der Waals surface area contributed by atoms with E-state index in [1.165, 1.54) is 12.8 Å². The highest BCUT2D eigenvalue weighted by molar-refractivity contribution is 14.1. The molecule has 0 heterocycles. The van der Waals surface area contributed by atoms with Crippen LogP contribution >= 0.6 is 34.8 Å². The predicted molar refractivity (Wildman–Crippen MR) is 93.8 cm³/mol. The Balaban J connectivity index is 2.17. The number of halogens is 1. The van der Waals surface area contributed by atoms with Crippen molar-refractivity contribution in [3.05, 3.63) is 33.4 Å². The van der Waals surface area contributed by atoms with E-state index in [1.54, 1.807) is 0 Å². The molecule has 20 heavy (non-hydrogen) atoms. The van der Waals surface area contributed by atoms with Crippen molar-refractivity contribution in [1.82, 2.24) is 5.32 Å². The standard InChI is InChI=1S/C15H19IN2OS/c16-12-7-5-11(6-8-12)13(19)18-15(14(17)20)9-3-1-2-4-10-15/h5-8H,1-4,9-10H2,(H2,17,20)(H,18,19). The van der Waals surface area contributed by atoms with Gasteiger partial charge in [0.05, 0.1) is 10.5 Å². The summed E-state index contributed by atoms with van der Waals surface area (Å²) >= 11 is 7.46. The lowest BCUT2D eigenvalue weighted by molar-refractivity contribution is 0.0917. The molecule has 1 saturated carbocycles. The zero-order chi connectivity index (χ0) is 14.6. The van der Waals surface area contributed by atoms with Gasteiger partial charge in [-0.1, -0.05) is 37.9 Å². The van der Waals surface area contributed by atoms with Gasteiger partial charge >= 0.3 is 0 Å². The lowest BCUT2D eigenvalue weighted by Gasteiger charge is -2.33. The first-order valence-electron chi connectivity index (χ1n) is 6.91. The molecule has 3 nitrogen and oxygen atoms in total. The molecule has 0 spiro atoms. The number of rotatable bonds is 3. The van der Waals surface area contributed by atoms with E-state index in [0.717, 1.165) is 29.3 Å². The molecule has 1 aliphatic rings. The molecule has 2 rings (SSSR count). The summed E-state index contributed by atoms with van der Waals surface area (Å²) in [6.45, 7) is 0. The first-order chi connectivity index (χ1) is 9.53. The number of nitrogens with one attached hydrogen (secondary N) is 1. The van der Waals surface area contributed by atoms with Gasteiger partial charge in [-0.3, -0.25) is 4.79 Å². The maximum Gasteiger partial charge on any atom is 0.252 e. The molecule has 1 aromatic carbocycles. The van der Waals surface area contributed by atoms with E-state index in [9.17, 15) is 4.79 Å². The topological polar surface area (TPSA) is 55.1 Å². The van der Waals surface area contributed by atoms with E-state index >= 15 is 0 Å². The fourth-order valence-corrected chi connectivity index (χ4v) is 3.27. The van der Waals surface area contributed by atoms with Crippen molar-refractivity contribution in [1.29, 1.82) is 0 Å². The Bertz CT molecular complexity index is 493. The molecule has 1 amide bonds. The molecule has 0 unspecified atom stereocenters. The van der Waals surface area contributed by atoms with Crippen molar-refractivity contribution in [2.24, 2.45) is 5.73 Å². The Morgan fingerprint density at radius 1 is 1.15 bits per heavy atom. The van der Waals surface area contributed by atoms with Crippen molar-refractivity contribution in [2.45, 2.75) is 44.1 Å². The minimum Gasteiger partial charge on any atom is -0.391 e. The summed E-state index contributed by atoms with van der Waals surface area (Å²) in [7, 11) is 0. The van der Waals surface area contributed by atoms with Crippen LogP contribution in [0.1, 0.15) is 48.9 Å². The monoisotopic (exact) mass is 402 g/mol. The Kier molecular flexibility index (Phi) is 5.37. The maximum atomic E-state index is 12.4. The third-order valence-corrected chi connectivity index (χ3v) is 5.00. The van der Waals surface area contributed by atoms with Gasteiger partial charge in [-0.05, 0) is 59.7 Å². The van der Waals surface area contributed by atoms with Crippen LogP contribution < -0.4 is 11.1 Å². The van der Waals surface area contributed by atoms with E-state index in [-0.39, 0.29) is 5.91 Å². The number of hydrogen-bond donors (Lipinski definition) is 2. The lowest BCUT2D eigenvalue weighted by Crippen LogP contribution is -2.56. The molecule has 0 aliphatic heterocycles. The molecular formula is C15H19IN2OS. The average Bonchev–Trinajstić information content (AvgIpc) is 2.66. The van der Waals surface area contributed by atoms with E-state index in [2.05, 4.69) is 27.9 Å². The van der Waals surface area contributed by atoms with Crippen LogP contribution in [-0.4, -0.2) is 16.4 Å². The van der Waals surface area contributed by atoms with E-state index in [1.807, 2.05) is 24.3 Å². The molecule has 0 saturated heterocycles. The molecular weight excluding hydrogens is 383 g/mol. The molecule has 108 valence electrons. The third-order valence-electron chi connectivity index (χ3n) is 3.89. The Morgan fingerprint density at radius 2 is 1.70 bits per heavy atom. The second kappa shape index (κ2) is 6.85. The van der Waals surface area contributed by atoms with Gasteiger partial charge in [0, 0.05) is 9.13 Å². The lowest BCUT2D eigenvalue weighted by atomic mass is 9.89. The van der Waals surface area contributed by atoms with Crippen LogP contribution in [0.25, 0.3) is 0 Å². The van der Waals surface area contributed by atoms with Crippen molar-refractivity contribution < 1.29 is 4.79 Å². The van der Waals surface area contributed by atoms with E-state index < -0.39 is 5.54 Å². The summed E-state index contributed by atoms with van der Waals surface area (Å²) in [6.07, 6.45) is 6.18. The third kappa shape index (κ3) is 3.69. The van der Waals surface area contributed by atoms with Crippen LogP contribution in [0, 0.1) is 3.57 Å². The summed E-state index contributed by atoms with van der Waals surface area (Å²) in [6, 6.07) is 7.52. The van der Waals surface area contributed by atoms with E-state index in [4.69, 9.17) is 18.0 Å². The second-order valence-electron chi connectivity index (χ2n) is 5.32.